The first-order chi connectivity index (χ1) is 7.83. The minimum atomic E-state index is 0.734. The molecule has 82 valence electrons. The van der Waals surface area contributed by atoms with E-state index in [4.69, 9.17) is 0 Å². The Kier molecular flexibility index (Phi) is 2.48. The molecular formula is C13H14N2S. The lowest BCUT2D eigenvalue weighted by molar-refractivity contribution is 0.538. The van der Waals surface area contributed by atoms with Crippen molar-refractivity contribution in [3.63, 3.8) is 0 Å². The first-order valence-electron chi connectivity index (χ1n) is 5.72. The number of thiazole rings is 1. The summed E-state index contributed by atoms with van der Waals surface area (Å²) in [6.45, 7) is 3.23. The number of nitrogens with zero attached hydrogens (tertiary/aromatic N) is 2. The van der Waals surface area contributed by atoms with E-state index in [-0.39, 0.29) is 0 Å². The molecule has 0 radical (unpaired) electrons. The average molecular weight is 230 g/mol. The van der Waals surface area contributed by atoms with Gasteiger partial charge in [-0.3, -0.25) is 4.99 Å². The maximum atomic E-state index is 4.65. The van der Waals surface area contributed by atoms with E-state index in [0.717, 1.165) is 29.4 Å². The maximum Gasteiger partial charge on any atom is 0.138 e. The summed E-state index contributed by atoms with van der Waals surface area (Å²) in [5, 5.41) is 1.12. The second-order valence-electron chi connectivity index (χ2n) is 4.42. The molecule has 0 N–H and O–H groups in total. The van der Waals surface area contributed by atoms with Crippen LogP contribution in [-0.2, 0) is 0 Å². The second kappa shape index (κ2) is 3.98. The Balaban J connectivity index is 2.00. The van der Waals surface area contributed by atoms with Crippen molar-refractivity contribution in [2.45, 2.75) is 19.8 Å². The molecule has 1 aliphatic heterocycles. The lowest BCUT2D eigenvalue weighted by Gasteiger charge is -2.15. The number of hydrogen-bond donors (Lipinski definition) is 0. The summed E-state index contributed by atoms with van der Waals surface area (Å²) in [4.78, 5) is 9.29. The van der Waals surface area contributed by atoms with Crippen molar-refractivity contribution in [3.8, 4) is 0 Å². The molecule has 2 heterocycles. The molecular weight excluding hydrogens is 216 g/mol. The minimum Gasteiger partial charge on any atom is -0.286 e. The average Bonchev–Trinajstić information content (AvgIpc) is 2.73. The highest BCUT2D eigenvalue weighted by Crippen LogP contribution is 2.25. The molecule has 0 saturated carbocycles. The molecule has 0 spiro atoms. The van der Waals surface area contributed by atoms with Crippen molar-refractivity contribution in [1.29, 1.82) is 0 Å². The maximum absolute atomic E-state index is 4.65. The Morgan fingerprint density at radius 3 is 2.94 bits per heavy atom. The molecule has 0 fully saturated rings. The molecule has 0 unspecified atom stereocenters. The zero-order chi connectivity index (χ0) is 11.0. The third-order valence-electron chi connectivity index (χ3n) is 3.01. The molecule has 1 aromatic heterocycles. The van der Waals surface area contributed by atoms with E-state index < -0.39 is 0 Å². The topological polar surface area (TPSA) is 25.2 Å². The summed E-state index contributed by atoms with van der Waals surface area (Å²) in [7, 11) is 0. The van der Waals surface area contributed by atoms with Crippen molar-refractivity contribution in [2.24, 2.45) is 10.9 Å². The van der Waals surface area contributed by atoms with E-state index in [0.29, 0.717) is 0 Å². The fraction of sp³-hybridized carbons (Fsp3) is 0.385. The quantitative estimate of drug-likeness (QED) is 0.736. The van der Waals surface area contributed by atoms with Gasteiger partial charge in [-0.15, -0.1) is 11.3 Å². The van der Waals surface area contributed by atoms with Crippen LogP contribution in [0.5, 0.6) is 0 Å². The van der Waals surface area contributed by atoms with Crippen LogP contribution in [0.2, 0.25) is 0 Å². The van der Waals surface area contributed by atoms with Gasteiger partial charge in [-0.05, 0) is 30.9 Å². The number of fused-ring (bicyclic) bond motifs is 1. The third-order valence-corrected chi connectivity index (χ3v) is 4.09. The molecule has 1 aromatic carbocycles. The van der Waals surface area contributed by atoms with Gasteiger partial charge in [0.25, 0.3) is 0 Å². The third kappa shape index (κ3) is 1.76. The smallest absolute Gasteiger partial charge is 0.138 e. The number of aromatic nitrogens is 1. The molecule has 16 heavy (non-hydrogen) atoms. The van der Waals surface area contributed by atoms with Crippen LogP contribution >= 0.6 is 11.3 Å². The van der Waals surface area contributed by atoms with Gasteiger partial charge in [-0.2, -0.15) is 0 Å². The van der Waals surface area contributed by atoms with Crippen LogP contribution in [0.25, 0.3) is 10.2 Å². The van der Waals surface area contributed by atoms with Crippen molar-refractivity contribution >= 4 is 27.3 Å². The second-order valence-corrected chi connectivity index (χ2v) is 5.45. The molecule has 2 nitrogen and oxygen atoms in total. The Labute approximate surface area is 99.1 Å². The van der Waals surface area contributed by atoms with Gasteiger partial charge >= 0.3 is 0 Å². The van der Waals surface area contributed by atoms with E-state index in [1.165, 1.54) is 16.8 Å². The summed E-state index contributed by atoms with van der Waals surface area (Å²) in [6, 6.07) is 8.30. The van der Waals surface area contributed by atoms with Gasteiger partial charge in [0, 0.05) is 6.54 Å². The molecule has 2 aromatic rings. The molecule has 0 amide bonds. The Morgan fingerprint density at radius 1 is 1.31 bits per heavy atom. The lowest BCUT2D eigenvalue weighted by atomic mass is 10.0. The van der Waals surface area contributed by atoms with Gasteiger partial charge in [0.15, 0.2) is 0 Å². The van der Waals surface area contributed by atoms with Gasteiger partial charge < -0.3 is 0 Å². The molecule has 0 saturated heterocycles. The normalized spacial score (nSPS) is 21.1. The van der Waals surface area contributed by atoms with Crippen molar-refractivity contribution < 1.29 is 0 Å². The fourth-order valence-corrected chi connectivity index (χ4v) is 2.99. The first-order valence-corrected chi connectivity index (χ1v) is 6.54. The zero-order valence-electron chi connectivity index (χ0n) is 9.31. The largest absolute Gasteiger partial charge is 0.286 e. The number of rotatable bonds is 1. The standard InChI is InChI=1S/C13H14N2S/c1-9-6-7-11(14-8-9)13-15-10-4-2-3-5-12(10)16-13/h2-5,9H,6-8H2,1H3/t9-/m0/s1. The minimum absolute atomic E-state index is 0.734. The van der Waals surface area contributed by atoms with Crippen LogP contribution in [0.15, 0.2) is 29.3 Å². The first kappa shape index (κ1) is 9.97. The monoisotopic (exact) mass is 230 g/mol. The van der Waals surface area contributed by atoms with Crippen LogP contribution in [0.3, 0.4) is 0 Å². The fourth-order valence-electron chi connectivity index (χ4n) is 1.99. The summed E-state index contributed by atoms with van der Waals surface area (Å²) in [5.74, 6) is 0.734. The highest BCUT2D eigenvalue weighted by Gasteiger charge is 2.15. The molecule has 3 heteroatoms. The SMILES string of the molecule is C[C@H]1CCC(c2nc3ccccc3s2)=NC1. The Bertz CT molecular complexity index is 509. The predicted molar refractivity (Wildman–Crippen MR) is 69.4 cm³/mol. The van der Waals surface area contributed by atoms with Gasteiger partial charge in [-0.25, -0.2) is 4.98 Å². The van der Waals surface area contributed by atoms with Crippen LogP contribution in [0.1, 0.15) is 24.8 Å². The van der Waals surface area contributed by atoms with Gasteiger partial charge in [-0.1, -0.05) is 19.1 Å². The summed E-state index contributed by atoms with van der Waals surface area (Å²) < 4.78 is 1.26. The molecule has 0 aliphatic carbocycles. The van der Waals surface area contributed by atoms with Gasteiger partial charge in [0.05, 0.1) is 15.9 Å². The molecule has 0 bridgehead atoms. The van der Waals surface area contributed by atoms with E-state index in [1.807, 2.05) is 6.07 Å². The Hall–Kier alpha value is -1.22. The summed E-state index contributed by atoms with van der Waals surface area (Å²) in [5.41, 5.74) is 2.31. The Morgan fingerprint density at radius 2 is 2.19 bits per heavy atom. The van der Waals surface area contributed by atoms with E-state index >= 15 is 0 Å². The van der Waals surface area contributed by atoms with Crippen molar-refractivity contribution in [1.82, 2.24) is 4.98 Å². The van der Waals surface area contributed by atoms with Crippen LogP contribution in [0, 0.1) is 5.92 Å². The van der Waals surface area contributed by atoms with E-state index in [9.17, 15) is 0 Å². The van der Waals surface area contributed by atoms with Crippen LogP contribution < -0.4 is 0 Å². The predicted octanol–water partition coefficient (Wildman–Crippen LogP) is 3.52. The van der Waals surface area contributed by atoms with E-state index in [2.05, 4.69) is 35.1 Å². The van der Waals surface area contributed by atoms with Crippen LogP contribution in [-0.4, -0.2) is 17.2 Å². The number of hydrogen-bond acceptors (Lipinski definition) is 3. The van der Waals surface area contributed by atoms with Gasteiger partial charge in [0.2, 0.25) is 0 Å². The zero-order valence-corrected chi connectivity index (χ0v) is 10.1. The number of aliphatic imine (C=N–C) groups is 1. The summed E-state index contributed by atoms with van der Waals surface area (Å²) in [6.07, 6.45) is 2.33. The van der Waals surface area contributed by atoms with Crippen molar-refractivity contribution in [2.75, 3.05) is 6.54 Å². The van der Waals surface area contributed by atoms with Crippen LogP contribution in [0.4, 0.5) is 0 Å². The van der Waals surface area contributed by atoms with Gasteiger partial charge in [0.1, 0.15) is 5.01 Å². The molecule has 3 rings (SSSR count). The number of para-hydroxylation sites is 1. The molecule has 1 atom stereocenters. The summed E-state index contributed by atoms with van der Waals surface area (Å²) >= 11 is 1.76. The van der Waals surface area contributed by atoms with Crippen molar-refractivity contribution in [3.05, 3.63) is 29.3 Å². The van der Waals surface area contributed by atoms with E-state index in [1.54, 1.807) is 11.3 Å². The number of benzene rings is 1. The highest BCUT2D eigenvalue weighted by molar-refractivity contribution is 7.20. The lowest BCUT2D eigenvalue weighted by Crippen LogP contribution is -2.13. The highest BCUT2D eigenvalue weighted by atomic mass is 32.1. The molecule has 1 aliphatic rings.